The van der Waals surface area contributed by atoms with Crippen LogP contribution in [-0.2, 0) is 5.75 Å². The van der Waals surface area contributed by atoms with Crippen LogP contribution in [0.4, 0.5) is 0 Å². The molecule has 0 amide bonds. The van der Waals surface area contributed by atoms with Crippen LogP contribution in [-0.4, -0.2) is 11.1 Å². The zero-order valence-electron chi connectivity index (χ0n) is 9.01. The van der Waals surface area contributed by atoms with Gasteiger partial charge < -0.3 is 11.5 Å². The molecule has 0 aliphatic heterocycles. The molecule has 17 heavy (non-hydrogen) atoms. The van der Waals surface area contributed by atoms with Crippen molar-refractivity contribution in [1.29, 1.82) is 5.41 Å². The number of amidine groups is 1. The molecule has 0 saturated heterocycles. The zero-order valence-corrected chi connectivity index (χ0v) is 10.6. The third kappa shape index (κ3) is 2.98. The van der Waals surface area contributed by atoms with Crippen LogP contribution in [0.2, 0.25) is 0 Å². The van der Waals surface area contributed by atoms with Crippen molar-refractivity contribution in [1.82, 2.24) is 0 Å². The van der Waals surface area contributed by atoms with Gasteiger partial charge in [-0.1, -0.05) is 30.0 Å². The minimum Gasteiger partial charge on any atom is -0.370 e. The summed E-state index contributed by atoms with van der Waals surface area (Å²) >= 11 is 3.03. The molecule has 1 aromatic heterocycles. The molecule has 88 valence electrons. The van der Waals surface area contributed by atoms with Gasteiger partial charge in [0.25, 0.3) is 0 Å². The minimum absolute atomic E-state index is 0.0716. The van der Waals surface area contributed by atoms with E-state index in [0.29, 0.717) is 5.75 Å². The van der Waals surface area contributed by atoms with Crippen molar-refractivity contribution in [3.63, 3.8) is 0 Å². The van der Waals surface area contributed by atoms with Crippen LogP contribution in [0, 0.1) is 5.41 Å². The van der Waals surface area contributed by atoms with E-state index in [4.69, 9.17) is 16.9 Å². The SMILES string of the molecule is N=C(N=C(N)N)SCc1csc2ccccc12. The van der Waals surface area contributed by atoms with Crippen molar-refractivity contribution in [2.75, 3.05) is 0 Å². The second-order valence-electron chi connectivity index (χ2n) is 3.39. The van der Waals surface area contributed by atoms with Crippen molar-refractivity contribution >= 4 is 44.3 Å². The summed E-state index contributed by atoms with van der Waals surface area (Å²) in [5.41, 5.74) is 11.6. The average molecular weight is 264 g/mol. The first kappa shape index (κ1) is 11.9. The highest BCUT2D eigenvalue weighted by Crippen LogP contribution is 2.28. The molecule has 6 heteroatoms. The molecule has 2 rings (SSSR count). The molecule has 0 bridgehead atoms. The van der Waals surface area contributed by atoms with Gasteiger partial charge in [-0.2, -0.15) is 4.99 Å². The van der Waals surface area contributed by atoms with Gasteiger partial charge >= 0.3 is 0 Å². The number of nitrogens with one attached hydrogen (secondary N) is 1. The molecule has 1 heterocycles. The van der Waals surface area contributed by atoms with E-state index < -0.39 is 0 Å². The van der Waals surface area contributed by atoms with Crippen LogP contribution < -0.4 is 11.5 Å². The van der Waals surface area contributed by atoms with Crippen LogP contribution in [0.25, 0.3) is 10.1 Å². The van der Waals surface area contributed by atoms with Gasteiger partial charge in [-0.3, -0.25) is 5.41 Å². The van der Waals surface area contributed by atoms with Crippen LogP contribution in [0.15, 0.2) is 34.6 Å². The molecular weight excluding hydrogens is 252 g/mol. The molecule has 2 aromatic rings. The van der Waals surface area contributed by atoms with Gasteiger partial charge in [0.15, 0.2) is 11.1 Å². The summed E-state index contributed by atoms with van der Waals surface area (Å²) in [6.45, 7) is 0. The lowest BCUT2D eigenvalue weighted by Crippen LogP contribution is -2.23. The fourth-order valence-corrected chi connectivity index (χ4v) is 3.21. The number of hydrogen-bond donors (Lipinski definition) is 3. The normalized spacial score (nSPS) is 10.4. The van der Waals surface area contributed by atoms with E-state index >= 15 is 0 Å². The minimum atomic E-state index is -0.0716. The Labute approximate surface area is 107 Å². The number of benzene rings is 1. The standard InChI is InChI=1S/C11H12N4S2/c12-10(13)15-11(14)17-6-7-5-16-9-4-2-1-3-8(7)9/h1-5H,6H2,(H5,12,13,14,15). The highest BCUT2D eigenvalue weighted by atomic mass is 32.2. The number of nitrogens with two attached hydrogens (primary N) is 2. The predicted octanol–water partition coefficient (Wildman–Crippen LogP) is 2.34. The maximum atomic E-state index is 7.55. The molecule has 0 fully saturated rings. The molecular formula is C11H12N4S2. The summed E-state index contributed by atoms with van der Waals surface area (Å²) in [4.78, 5) is 3.68. The molecule has 4 nitrogen and oxygen atoms in total. The molecule has 0 atom stereocenters. The summed E-state index contributed by atoms with van der Waals surface area (Å²) in [7, 11) is 0. The lowest BCUT2D eigenvalue weighted by Gasteiger charge is -1.99. The summed E-state index contributed by atoms with van der Waals surface area (Å²) in [5.74, 6) is 0.636. The fraction of sp³-hybridized carbons (Fsp3) is 0.0909. The number of fused-ring (bicyclic) bond motifs is 1. The number of thiophene rings is 1. The van der Waals surface area contributed by atoms with Crippen LogP contribution in [0.3, 0.4) is 0 Å². The first-order chi connectivity index (χ1) is 8.16. The van der Waals surface area contributed by atoms with E-state index in [1.165, 1.54) is 27.4 Å². The van der Waals surface area contributed by atoms with Gasteiger partial charge in [0, 0.05) is 10.5 Å². The Morgan fingerprint density at radius 3 is 2.88 bits per heavy atom. The molecule has 5 N–H and O–H groups in total. The smallest absolute Gasteiger partial charge is 0.193 e. The largest absolute Gasteiger partial charge is 0.370 e. The van der Waals surface area contributed by atoms with Crippen molar-refractivity contribution < 1.29 is 0 Å². The summed E-state index contributed by atoms with van der Waals surface area (Å²) < 4.78 is 1.26. The first-order valence-electron chi connectivity index (χ1n) is 4.93. The number of aliphatic imine (C=N–C) groups is 1. The Morgan fingerprint density at radius 2 is 2.12 bits per heavy atom. The number of rotatable bonds is 2. The summed E-state index contributed by atoms with van der Waals surface area (Å²) in [5, 5.41) is 11.0. The second kappa shape index (κ2) is 5.20. The van der Waals surface area contributed by atoms with Gasteiger partial charge in [-0.05, 0) is 22.4 Å². The van der Waals surface area contributed by atoms with E-state index in [2.05, 4.69) is 22.5 Å². The monoisotopic (exact) mass is 264 g/mol. The molecule has 1 aromatic carbocycles. The number of thioether (sulfide) groups is 1. The van der Waals surface area contributed by atoms with Gasteiger partial charge in [0.05, 0.1) is 0 Å². The highest BCUT2D eigenvalue weighted by molar-refractivity contribution is 8.13. The zero-order chi connectivity index (χ0) is 12.3. The third-order valence-corrected chi connectivity index (χ3v) is 3.99. The van der Waals surface area contributed by atoms with Crippen molar-refractivity contribution in [3.05, 3.63) is 35.2 Å². The summed E-state index contributed by atoms with van der Waals surface area (Å²) in [6, 6.07) is 8.23. The van der Waals surface area contributed by atoms with E-state index in [1.807, 2.05) is 12.1 Å². The molecule has 0 aliphatic carbocycles. The molecule has 0 saturated carbocycles. The van der Waals surface area contributed by atoms with Crippen molar-refractivity contribution in [2.24, 2.45) is 16.5 Å². The molecule has 0 unspecified atom stereocenters. The Bertz CT molecular complexity index is 570. The van der Waals surface area contributed by atoms with Gasteiger partial charge in [-0.15, -0.1) is 11.3 Å². The van der Waals surface area contributed by atoms with Crippen LogP contribution >= 0.6 is 23.1 Å². The van der Waals surface area contributed by atoms with E-state index in [1.54, 1.807) is 11.3 Å². The average Bonchev–Trinajstić information content (AvgIpc) is 2.69. The maximum absolute atomic E-state index is 7.55. The Balaban J connectivity index is 2.09. The van der Waals surface area contributed by atoms with E-state index in [0.717, 1.165) is 0 Å². The fourth-order valence-electron chi connectivity index (χ4n) is 1.44. The lowest BCUT2D eigenvalue weighted by atomic mass is 10.2. The third-order valence-electron chi connectivity index (χ3n) is 2.16. The topological polar surface area (TPSA) is 88.2 Å². The number of nitrogens with zero attached hydrogens (tertiary/aromatic N) is 1. The number of hydrogen-bond acceptors (Lipinski definition) is 3. The lowest BCUT2D eigenvalue weighted by molar-refractivity contribution is 1.43. The van der Waals surface area contributed by atoms with E-state index in [9.17, 15) is 0 Å². The van der Waals surface area contributed by atoms with Gasteiger partial charge in [0.1, 0.15) is 0 Å². The highest BCUT2D eigenvalue weighted by Gasteiger charge is 2.04. The van der Waals surface area contributed by atoms with Gasteiger partial charge in [-0.25, -0.2) is 0 Å². The maximum Gasteiger partial charge on any atom is 0.193 e. The van der Waals surface area contributed by atoms with Crippen molar-refractivity contribution in [2.45, 2.75) is 5.75 Å². The summed E-state index contributed by atoms with van der Waals surface area (Å²) in [6.07, 6.45) is 0. The van der Waals surface area contributed by atoms with Crippen LogP contribution in [0.1, 0.15) is 5.56 Å². The first-order valence-corrected chi connectivity index (χ1v) is 6.79. The molecule has 0 radical (unpaired) electrons. The Hall–Kier alpha value is -1.53. The van der Waals surface area contributed by atoms with Crippen molar-refractivity contribution in [3.8, 4) is 0 Å². The second-order valence-corrected chi connectivity index (χ2v) is 5.26. The Kier molecular flexibility index (Phi) is 3.65. The predicted molar refractivity (Wildman–Crippen MR) is 76.7 cm³/mol. The Morgan fingerprint density at radius 1 is 1.35 bits per heavy atom. The van der Waals surface area contributed by atoms with Gasteiger partial charge in [0.2, 0.25) is 0 Å². The molecule has 0 aliphatic rings. The van der Waals surface area contributed by atoms with E-state index in [-0.39, 0.29) is 11.1 Å². The quantitative estimate of drug-likeness (QED) is 0.574. The number of guanidine groups is 1. The molecule has 0 spiro atoms. The van der Waals surface area contributed by atoms with Crippen LogP contribution in [0.5, 0.6) is 0 Å².